The zero-order valence-corrected chi connectivity index (χ0v) is 19.6. The zero-order chi connectivity index (χ0) is 23.0. The molecule has 0 saturated heterocycles. The van der Waals surface area contributed by atoms with Gasteiger partial charge < -0.3 is 16.2 Å². The minimum Gasteiger partial charge on any atom is -0.396 e. The highest BCUT2D eigenvalue weighted by atomic mass is 35.5. The van der Waals surface area contributed by atoms with Crippen LogP contribution in [0.2, 0.25) is 10.0 Å². The summed E-state index contributed by atoms with van der Waals surface area (Å²) in [4.78, 5) is 22.2. The second-order valence-corrected chi connectivity index (χ2v) is 9.47. The third kappa shape index (κ3) is 6.80. The lowest BCUT2D eigenvalue weighted by Gasteiger charge is -2.44. The van der Waals surface area contributed by atoms with E-state index >= 15 is 0 Å². The molecule has 3 rings (SSSR count). The highest BCUT2D eigenvalue weighted by molar-refractivity contribution is 6.42. The molecule has 0 bridgehead atoms. The first-order valence-corrected chi connectivity index (χ1v) is 11.8. The molecule has 2 saturated carbocycles. The highest BCUT2D eigenvalue weighted by Crippen LogP contribution is 2.51. The third-order valence-corrected chi connectivity index (χ3v) is 7.27. The van der Waals surface area contributed by atoms with E-state index in [2.05, 4.69) is 11.1 Å². The van der Waals surface area contributed by atoms with Crippen molar-refractivity contribution in [2.75, 3.05) is 6.61 Å². The van der Waals surface area contributed by atoms with Crippen LogP contribution < -0.4 is 11.1 Å². The average molecular weight is 475 g/mol. The Balaban J connectivity index is 0.000000785. The topological polar surface area (TPSA) is 92.4 Å². The van der Waals surface area contributed by atoms with Crippen LogP contribution >= 0.6 is 23.2 Å². The number of rotatable bonds is 6. The van der Waals surface area contributed by atoms with E-state index in [1.165, 1.54) is 19.1 Å². The van der Waals surface area contributed by atoms with Crippen molar-refractivity contribution < 1.29 is 19.1 Å². The first-order chi connectivity index (χ1) is 14.7. The standard InChI is InChI=1S/C21H28Cl2FNO2.C2H5NO/c22-15-8-9-16(24)17(18(15)23)19(25-20(27)14-6-2-3-7-14)21(12-13-26)10-4-1-5-11-21;1-2(3)4/h8-9,14,19,26H,1-7,10-13H2,(H,25,27);1H3,(H2,3,4). The number of aliphatic hydroxyl groups is 1. The van der Waals surface area contributed by atoms with E-state index < -0.39 is 17.3 Å². The van der Waals surface area contributed by atoms with Crippen LogP contribution in [0.4, 0.5) is 4.39 Å². The maximum atomic E-state index is 14.9. The normalized spacial score (nSPS) is 19.3. The lowest BCUT2D eigenvalue weighted by molar-refractivity contribution is -0.127. The Morgan fingerprint density at radius 1 is 1.19 bits per heavy atom. The van der Waals surface area contributed by atoms with Crippen molar-refractivity contribution in [3.63, 3.8) is 0 Å². The van der Waals surface area contributed by atoms with E-state index in [4.69, 9.17) is 23.2 Å². The van der Waals surface area contributed by atoms with Crippen LogP contribution in [-0.2, 0) is 9.59 Å². The lowest BCUT2D eigenvalue weighted by Crippen LogP contribution is -2.45. The van der Waals surface area contributed by atoms with E-state index in [1.54, 1.807) is 0 Å². The molecule has 174 valence electrons. The predicted molar refractivity (Wildman–Crippen MR) is 121 cm³/mol. The molecule has 0 aromatic heterocycles. The summed E-state index contributed by atoms with van der Waals surface area (Å²) in [6, 6.07) is 2.18. The molecule has 5 nitrogen and oxygen atoms in total. The van der Waals surface area contributed by atoms with Crippen LogP contribution in [0.3, 0.4) is 0 Å². The molecule has 4 N–H and O–H groups in total. The minimum atomic E-state index is -0.579. The van der Waals surface area contributed by atoms with Crippen molar-refractivity contribution in [1.82, 2.24) is 5.32 Å². The molecule has 1 atom stereocenters. The molecule has 2 aliphatic rings. The Labute approximate surface area is 193 Å². The highest BCUT2D eigenvalue weighted by Gasteiger charge is 2.44. The molecular formula is C23H33Cl2FN2O3. The maximum absolute atomic E-state index is 14.9. The number of aliphatic hydroxyl groups excluding tert-OH is 1. The van der Waals surface area contributed by atoms with Gasteiger partial charge in [-0.1, -0.05) is 55.3 Å². The first-order valence-electron chi connectivity index (χ1n) is 11.0. The summed E-state index contributed by atoms with van der Waals surface area (Å²) >= 11 is 12.6. The average Bonchev–Trinajstić information content (AvgIpc) is 3.26. The van der Waals surface area contributed by atoms with Crippen LogP contribution in [0.5, 0.6) is 0 Å². The molecule has 0 spiro atoms. The molecule has 0 aliphatic heterocycles. The summed E-state index contributed by atoms with van der Waals surface area (Å²) in [5.41, 5.74) is 4.34. The number of nitrogens with one attached hydrogen (secondary N) is 1. The van der Waals surface area contributed by atoms with Crippen molar-refractivity contribution in [2.24, 2.45) is 17.1 Å². The molecule has 0 heterocycles. The minimum absolute atomic E-state index is 0.00436. The molecule has 2 fully saturated rings. The van der Waals surface area contributed by atoms with Gasteiger partial charge >= 0.3 is 0 Å². The Morgan fingerprint density at radius 3 is 2.32 bits per heavy atom. The SMILES string of the molecule is CC(N)=O.O=C(NC(c1c(F)ccc(Cl)c1Cl)C1(CCO)CCCCC1)C1CCCC1. The van der Waals surface area contributed by atoms with E-state index in [1.807, 2.05) is 0 Å². The van der Waals surface area contributed by atoms with Crippen LogP contribution in [0.1, 0.15) is 82.7 Å². The molecule has 31 heavy (non-hydrogen) atoms. The maximum Gasteiger partial charge on any atom is 0.223 e. The fourth-order valence-corrected chi connectivity index (χ4v) is 5.38. The number of carbonyl (C=O) groups excluding carboxylic acids is 2. The molecule has 0 radical (unpaired) electrons. The van der Waals surface area contributed by atoms with E-state index in [0.29, 0.717) is 6.42 Å². The van der Waals surface area contributed by atoms with Gasteiger partial charge in [0.15, 0.2) is 0 Å². The zero-order valence-electron chi connectivity index (χ0n) is 18.1. The van der Waals surface area contributed by atoms with E-state index in [0.717, 1.165) is 57.8 Å². The second kappa shape index (κ2) is 12.0. The van der Waals surface area contributed by atoms with Gasteiger partial charge in [-0.2, -0.15) is 0 Å². The van der Waals surface area contributed by atoms with Gasteiger partial charge in [-0.05, 0) is 49.7 Å². The fourth-order valence-electron chi connectivity index (χ4n) is 4.95. The summed E-state index contributed by atoms with van der Waals surface area (Å²) in [5, 5.41) is 13.3. The summed E-state index contributed by atoms with van der Waals surface area (Å²) < 4.78 is 14.9. The number of benzene rings is 1. The molecule has 2 aliphatic carbocycles. The summed E-state index contributed by atoms with van der Waals surface area (Å²) in [6.45, 7) is 1.30. The number of primary amides is 1. The van der Waals surface area contributed by atoms with Gasteiger partial charge in [0, 0.05) is 25.0 Å². The Bertz CT molecular complexity index is 754. The van der Waals surface area contributed by atoms with E-state index in [9.17, 15) is 19.1 Å². The third-order valence-electron chi connectivity index (χ3n) is 6.45. The van der Waals surface area contributed by atoms with Crippen molar-refractivity contribution in [3.05, 3.63) is 33.6 Å². The van der Waals surface area contributed by atoms with Crippen molar-refractivity contribution in [3.8, 4) is 0 Å². The Hall–Kier alpha value is -1.37. The van der Waals surface area contributed by atoms with Crippen molar-refractivity contribution in [1.29, 1.82) is 0 Å². The molecule has 1 aromatic carbocycles. The summed E-state index contributed by atoms with van der Waals surface area (Å²) in [5.74, 6) is -0.844. The summed E-state index contributed by atoms with van der Waals surface area (Å²) in [6.07, 6.45) is 9.11. The van der Waals surface area contributed by atoms with E-state index in [-0.39, 0.29) is 39.9 Å². The summed E-state index contributed by atoms with van der Waals surface area (Å²) in [7, 11) is 0. The van der Waals surface area contributed by atoms with Gasteiger partial charge in [-0.15, -0.1) is 0 Å². The molecule has 1 unspecified atom stereocenters. The van der Waals surface area contributed by atoms with Crippen LogP contribution in [0.25, 0.3) is 0 Å². The quantitative estimate of drug-likeness (QED) is 0.488. The van der Waals surface area contributed by atoms with Crippen LogP contribution in [0, 0.1) is 17.2 Å². The largest absolute Gasteiger partial charge is 0.396 e. The van der Waals surface area contributed by atoms with Gasteiger partial charge in [0.25, 0.3) is 0 Å². The Morgan fingerprint density at radius 2 is 1.77 bits per heavy atom. The lowest BCUT2D eigenvalue weighted by atomic mass is 9.65. The number of nitrogens with two attached hydrogens (primary N) is 1. The molecular weight excluding hydrogens is 442 g/mol. The molecule has 2 amide bonds. The first kappa shape index (κ1) is 25.9. The van der Waals surface area contributed by atoms with Gasteiger partial charge in [0.05, 0.1) is 16.1 Å². The fraction of sp³-hybridized carbons (Fsp3) is 0.652. The molecule has 1 aromatic rings. The van der Waals surface area contributed by atoms with Gasteiger partial charge in [0.1, 0.15) is 5.82 Å². The van der Waals surface area contributed by atoms with Gasteiger partial charge in [0.2, 0.25) is 11.8 Å². The monoisotopic (exact) mass is 474 g/mol. The van der Waals surface area contributed by atoms with Gasteiger partial charge in [-0.25, -0.2) is 4.39 Å². The number of amides is 2. The second-order valence-electron chi connectivity index (χ2n) is 8.69. The van der Waals surface area contributed by atoms with Crippen molar-refractivity contribution >= 4 is 35.0 Å². The number of carbonyl (C=O) groups is 2. The predicted octanol–water partition coefficient (Wildman–Crippen LogP) is 5.30. The van der Waals surface area contributed by atoms with Gasteiger partial charge in [-0.3, -0.25) is 9.59 Å². The van der Waals surface area contributed by atoms with Crippen molar-refractivity contribution in [2.45, 2.75) is 77.2 Å². The molecule has 8 heteroatoms. The number of hydrogen-bond donors (Lipinski definition) is 3. The Kier molecular flexibility index (Phi) is 10.0. The number of halogens is 3. The van der Waals surface area contributed by atoms with Crippen LogP contribution in [0.15, 0.2) is 12.1 Å². The number of hydrogen-bond acceptors (Lipinski definition) is 3. The van der Waals surface area contributed by atoms with Crippen LogP contribution in [-0.4, -0.2) is 23.5 Å². The smallest absolute Gasteiger partial charge is 0.223 e.